The number of benzene rings is 1. The molecule has 0 bridgehead atoms. The van der Waals surface area contributed by atoms with E-state index in [2.05, 4.69) is 4.72 Å². The van der Waals surface area contributed by atoms with Gasteiger partial charge in [0.2, 0.25) is 10.0 Å². The number of thiocarbonyl (C=S) groups is 1. The van der Waals surface area contributed by atoms with Crippen molar-refractivity contribution in [2.24, 2.45) is 5.73 Å². The van der Waals surface area contributed by atoms with E-state index in [0.29, 0.717) is 5.56 Å². The molecule has 0 spiro atoms. The zero-order valence-electron chi connectivity index (χ0n) is 9.80. The summed E-state index contributed by atoms with van der Waals surface area (Å²) in [6, 6.07) is 6.12. The standard InChI is InChI=1S/C11H16N2O2S2/c1-3-8(2)13-17(14,15)10-6-4-9(5-7-10)11(12)16/h4-8,13H,3H2,1-2H3,(H2,12,16). The first-order valence-electron chi connectivity index (χ1n) is 5.29. The zero-order valence-corrected chi connectivity index (χ0v) is 11.4. The Labute approximate surface area is 107 Å². The van der Waals surface area contributed by atoms with Crippen molar-refractivity contribution in [1.29, 1.82) is 0 Å². The van der Waals surface area contributed by atoms with Crippen LogP contribution in [0.25, 0.3) is 0 Å². The van der Waals surface area contributed by atoms with Gasteiger partial charge < -0.3 is 5.73 Å². The lowest BCUT2D eigenvalue weighted by atomic mass is 10.2. The maximum absolute atomic E-state index is 11.9. The Morgan fingerprint density at radius 1 is 1.41 bits per heavy atom. The topological polar surface area (TPSA) is 72.2 Å². The number of rotatable bonds is 5. The van der Waals surface area contributed by atoms with Gasteiger partial charge in [0, 0.05) is 11.6 Å². The number of hydrogen-bond donors (Lipinski definition) is 2. The summed E-state index contributed by atoms with van der Waals surface area (Å²) in [5.74, 6) is 0. The predicted octanol–water partition coefficient (Wildman–Crippen LogP) is 1.40. The molecule has 1 aromatic rings. The van der Waals surface area contributed by atoms with Gasteiger partial charge in [-0.3, -0.25) is 0 Å². The largest absolute Gasteiger partial charge is 0.389 e. The predicted molar refractivity (Wildman–Crippen MR) is 72.4 cm³/mol. The molecule has 0 saturated carbocycles. The van der Waals surface area contributed by atoms with Gasteiger partial charge in [-0.2, -0.15) is 0 Å². The highest BCUT2D eigenvalue weighted by Gasteiger charge is 2.16. The maximum atomic E-state index is 11.9. The summed E-state index contributed by atoms with van der Waals surface area (Å²) in [6.45, 7) is 3.74. The van der Waals surface area contributed by atoms with Crippen LogP contribution in [0.1, 0.15) is 25.8 Å². The van der Waals surface area contributed by atoms with Crippen LogP contribution in [0.5, 0.6) is 0 Å². The molecule has 3 N–H and O–H groups in total. The molecule has 0 fully saturated rings. The third-order valence-electron chi connectivity index (χ3n) is 2.42. The lowest BCUT2D eigenvalue weighted by Gasteiger charge is -2.12. The van der Waals surface area contributed by atoms with Crippen molar-refractivity contribution < 1.29 is 8.42 Å². The summed E-state index contributed by atoms with van der Waals surface area (Å²) >= 11 is 4.80. The molecule has 6 heteroatoms. The van der Waals surface area contributed by atoms with Crippen molar-refractivity contribution in [2.45, 2.75) is 31.2 Å². The Hall–Kier alpha value is -0.980. The van der Waals surface area contributed by atoms with Gasteiger partial charge in [-0.05, 0) is 25.5 Å². The van der Waals surface area contributed by atoms with E-state index < -0.39 is 10.0 Å². The van der Waals surface area contributed by atoms with E-state index >= 15 is 0 Å². The van der Waals surface area contributed by atoms with Crippen molar-refractivity contribution >= 4 is 27.2 Å². The van der Waals surface area contributed by atoms with Crippen molar-refractivity contribution in [3.63, 3.8) is 0 Å². The highest BCUT2D eigenvalue weighted by molar-refractivity contribution is 7.89. The van der Waals surface area contributed by atoms with Crippen molar-refractivity contribution in [2.75, 3.05) is 0 Å². The first kappa shape index (κ1) is 14.1. The minimum atomic E-state index is -3.45. The van der Waals surface area contributed by atoms with Crippen molar-refractivity contribution in [3.8, 4) is 0 Å². The van der Waals surface area contributed by atoms with Crippen molar-refractivity contribution in [3.05, 3.63) is 29.8 Å². The Morgan fingerprint density at radius 2 is 1.94 bits per heavy atom. The van der Waals surface area contributed by atoms with Gasteiger partial charge in [0.1, 0.15) is 4.99 Å². The molecule has 0 radical (unpaired) electrons. The number of hydrogen-bond acceptors (Lipinski definition) is 3. The van der Waals surface area contributed by atoms with E-state index in [1.165, 1.54) is 12.1 Å². The highest BCUT2D eigenvalue weighted by Crippen LogP contribution is 2.11. The summed E-state index contributed by atoms with van der Waals surface area (Å²) in [7, 11) is -3.45. The molecule has 1 atom stereocenters. The van der Waals surface area contributed by atoms with Gasteiger partial charge in [-0.25, -0.2) is 13.1 Å². The van der Waals surface area contributed by atoms with E-state index in [-0.39, 0.29) is 15.9 Å². The molecule has 0 aliphatic rings. The second kappa shape index (κ2) is 5.57. The summed E-state index contributed by atoms with van der Waals surface area (Å²) in [4.78, 5) is 0.474. The van der Waals surface area contributed by atoms with Gasteiger partial charge in [0.15, 0.2) is 0 Å². The summed E-state index contributed by atoms with van der Waals surface area (Å²) in [6.07, 6.45) is 0.740. The van der Waals surface area contributed by atoms with Gasteiger partial charge in [-0.1, -0.05) is 31.3 Å². The van der Waals surface area contributed by atoms with Crippen LogP contribution in [-0.4, -0.2) is 19.4 Å². The molecule has 0 aliphatic heterocycles. The monoisotopic (exact) mass is 272 g/mol. The minimum absolute atomic E-state index is 0.0877. The van der Waals surface area contributed by atoms with Crippen LogP contribution in [0.4, 0.5) is 0 Å². The van der Waals surface area contributed by atoms with Crippen molar-refractivity contribution in [1.82, 2.24) is 4.72 Å². The molecule has 0 amide bonds. The molecule has 1 aromatic carbocycles. The molecule has 0 aliphatic carbocycles. The van der Waals surface area contributed by atoms with Crippen LogP contribution in [0, 0.1) is 0 Å². The maximum Gasteiger partial charge on any atom is 0.240 e. The normalized spacial score (nSPS) is 13.3. The molecule has 17 heavy (non-hydrogen) atoms. The third-order valence-corrected chi connectivity index (χ3v) is 4.26. The smallest absolute Gasteiger partial charge is 0.240 e. The molecular formula is C11H16N2O2S2. The van der Waals surface area contributed by atoms with E-state index in [1.807, 2.05) is 13.8 Å². The lowest BCUT2D eigenvalue weighted by molar-refractivity contribution is 0.556. The van der Waals surface area contributed by atoms with Crippen LogP contribution < -0.4 is 10.5 Å². The fraction of sp³-hybridized carbons (Fsp3) is 0.364. The highest BCUT2D eigenvalue weighted by atomic mass is 32.2. The fourth-order valence-electron chi connectivity index (χ4n) is 1.21. The Balaban J connectivity index is 2.96. The molecule has 4 nitrogen and oxygen atoms in total. The first-order valence-corrected chi connectivity index (χ1v) is 7.18. The number of sulfonamides is 1. The Morgan fingerprint density at radius 3 is 2.35 bits per heavy atom. The molecule has 1 unspecified atom stereocenters. The number of nitrogens with one attached hydrogen (secondary N) is 1. The van der Waals surface area contributed by atoms with Gasteiger partial charge >= 0.3 is 0 Å². The molecule has 0 aromatic heterocycles. The van der Waals surface area contributed by atoms with Crippen LogP contribution in [0.15, 0.2) is 29.2 Å². The van der Waals surface area contributed by atoms with Gasteiger partial charge in [0.25, 0.3) is 0 Å². The van der Waals surface area contributed by atoms with E-state index in [1.54, 1.807) is 12.1 Å². The van der Waals surface area contributed by atoms with Gasteiger partial charge in [-0.15, -0.1) is 0 Å². The second-order valence-electron chi connectivity index (χ2n) is 3.82. The molecule has 94 valence electrons. The SMILES string of the molecule is CCC(C)NS(=O)(=O)c1ccc(C(N)=S)cc1. The molecule has 0 heterocycles. The average molecular weight is 272 g/mol. The summed E-state index contributed by atoms with van der Waals surface area (Å²) < 4.78 is 26.4. The Kier molecular flexibility index (Phi) is 4.62. The Bertz CT molecular complexity index is 495. The van der Waals surface area contributed by atoms with Gasteiger partial charge in [0.05, 0.1) is 4.90 Å². The lowest BCUT2D eigenvalue weighted by Crippen LogP contribution is -2.32. The van der Waals surface area contributed by atoms with Crippen LogP contribution >= 0.6 is 12.2 Å². The minimum Gasteiger partial charge on any atom is -0.389 e. The van der Waals surface area contributed by atoms with E-state index in [9.17, 15) is 8.42 Å². The fourth-order valence-corrected chi connectivity index (χ4v) is 2.68. The number of nitrogens with two attached hydrogens (primary N) is 1. The quantitative estimate of drug-likeness (QED) is 0.795. The molecule has 1 rings (SSSR count). The third kappa shape index (κ3) is 3.76. The van der Waals surface area contributed by atoms with E-state index in [4.69, 9.17) is 18.0 Å². The molecular weight excluding hydrogens is 256 g/mol. The van der Waals surface area contributed by atoms with Crippen LogP contribution in [0.3, 0.4) is 0 Å². The molecule has 0 saturated heterocycles. The second-order valence-corrected chi connectivity index (χ2v) is 5.97. The summed E-state index contributed by atoms with van der Waals surface area (Å²) in [5, 5.41) is 0. The van der Waals surface area contributed by atoms with Crippen LogP contribution in [-0.2, 0) is 10.0 Å². The average Bonchev–Trinajstić information content (AvgIpc) is 2.28. The zero-order chi connectivity index (χ0) is 13.1. The van der Waals surface area contributed by atoms with Crippen LogP contribution in [0.2, 0.25) is 0 Å². The van der Waals surface area contributed by atoms with E-state index in [0.717, 1.165) is 6.42 Å². The summed E-state index contributed by atoms with van der Waals surface area (Å²) in [5.41, 5.74) is 6.10. The first-order chi connectivity index (χ1) is 7.86.